The van der Waals surface area contributed by atoms with E-state index in [0.29, 0.717) is 44.5 Å². The summed E-state index contributed by atoms with van der Waals surface area (Å²) in [5, 5.41) is 5.53. The molecule has 0 radical (unpaired) electrons. The van der Waals surface area contributed by atoms with Crippen LogP contribution in [0.4, 0.5) is 0 Å². The summed E-state index contributed by atoms with van der Waals surface area (Å²) < 4.78 is 17.3. The van der Waals surface area contributed by atoms with Gasteiger partial charge in [0, 0.05) is 17.5 Å². The number of Topliss-reactive ketones (excluding diaryl/α,β-unsaturated/α-hetero) is 1. The van der Waals surface area contributed by atoms with Gasteiger partial charge in [0.15, 0.2) is 11.2 Å². The summed E-state index contributed by atoms with van der Waals surface area (Å²) in [4.78, 5) is 35.2. The van der Waals surface area contributed by atoms with Gasteiger partial charge in [-0.3, -0.25) is 9.59 Å². The minimum Gasteiger partial charge on any atom is -0.489 e. The van der Waals surface area contributed by atoms with Crippen LogP contribution in [0.1, 0.15) is 48.1 Å². The molecule has 0 amide bonds. The Morgan fingerprint density at radius 3 is 2.38 bits per heavy atom. The lowest BCUT2D eigenvalue weighted by Gasteiger charge is -2.11. The minimum atomic E-state index is -0.539. The monoisotopic (exact) mass is 575 g/mol. The van der Waals surface area contributed by atoms with E-state index in [1.165, 1.54) is 0 Å². The van der Waals surface area contributed by atoms with Crippen LogP contribution in [0.2, 0.25) is 10.0 Å². The molecule has 2 heterocycles. The van der Waals surface area contributed by atoms with Crippen molar-refractivity contribution in [2.45, 2.75) is 32.8 Å². The van der Waals surface area contributed by atoms with Gasteiger partial charge in [0.1, 0.15) is 35.7 Å². The van der Waals surface area contributed by atoms with E-state index in [2.05, 4.69) is 5.16 Å². The summed E-state index contributed by atoms with van der Waals surface area (Å²) in [5.41, 5.74) is 3.46. The van der Waals surface area contributed by atoms with Crippen molar-refractivity contribution < 1.29 is 23.3 Å². The van der Waals surface area contributed by atoms with Crippen molar-refractivity contribution in [3.8, 4) is 28.1 Å². The van der Waals surface area contributed by atoms with Crippen LogP contribution in [0.3, 0.4) is 0 Å². The largest absolute Gasteiger partial charge is 0.489 e. The number of aromatic nitrogens is 1. The number of benzene rings is 3. The molecule has 3 aromatic carbocycles. The highest BCUT2D eigenvalue weighted by Gasteiger charge is 2.24. The number of nitrogens with zero attached hydrogens (tertiary/aromatic N) is 1. The number of aldehydes is 1. The van der Waals surface area contributed by atoms with E-state index in [1.54, 1.807) is 36.4 Å². The topological polar surface area (TPSA) is 99.6 Å². The fourth-order valence-electron chi connectivity index (χ4n) is 4.38. The number of carbonyl (C=O) groups excluding carboxylic acids is 2. The van der Waals surface area contributed by atoms with E-state index in [-0.39, 0.29) is 35.7 Å². The summed E-state index contributed by atoms with van der Waals surface area (Å²) in [6.07, 6.45) is 0.137. The summed E-state index contributed by atoms with van der Waals surface area (Å²) in [6.45, 7) is 4.20. The van der Waals surface area contributed by atoms with Gasteiger partial charge in [-0.1, -0.05) is 66.5 Å². The zero-order valence-electron chi connectivity index (χ0n) is 21.6. The molecule has 0 spiro atoms. The van der Waals surface area contributed by atoms with Gasteiger partial charge in [-0.15, -0.1) is 0 Å². The molecule has 0 fully saturated rings. The van der Waals surface area contributed by atoms with Crippen molar-refractivity contribution in [1.29, 1.82) is 0 Å². The molecule has 5 rings (SSSR count). The number of hydrogen-bond acceptors (Lipinski definition) is 7. The first kappa shape index (κ1) is 27.4. The normalized spacial score (nSPS) is 11.2. The van der Waals surface area contributed by atoms with E-state index >= 15 is 0 Å². The van der Waals surface area contributed by atoms with Gasteiger partial charge < -0.3 is 18.5 Å². The summed E-state index contributed by atoms with van der Waals surface area (Å²) in [7, 11) is 0. The molecule has 0 aliphatic heterocycles. The van der Waals surface area contributed by atoms with Crippen LogP contribution >= 0.6 is 23.2 Å². The average Bonchev–Trinajstić information content (AvgIpc) is 3.36. The minimum absolute atomic E-state index is 0.0632. The highest BCUT2D eigenvalue weighted by atomic mass is 35.5. The zero-order chi connectivity index (χ0) is 28.4. The third kappa shape index (κ3) is 5.43. The van der Waals surface area contributed by atoms with Crippen molar-refractivity contribution in [3.63, 3.8) is 0 Å². The summed E-state index contributed by atoms with van der Waals surface area (Å²) in [6, 6.07) is 18.9. The second-order valence-corrected chi connectivity index (χ2v) is 10.2. The van der Waals surface area contributed by atoms with E-state index in [4.69, 9.17) is 36.9 Å². The maximum atomic E-state index is 12.6. The molecule has 0 saturated carbocycles. The Balaban J connectivity index is 1.39. The van der Waals surface area contributed by atoms with Gasteiger partial charge in [-0.25, -0.2) is 0 Å². The predicted molar refractivity (Wildman–Crippen MR) is 153 cm³/mol. The number of halogens is 2. The molecule has 9 heteroatoms. The third-order valence-corrected chi connectivity index (χ3v) is 7.01. The Morgan fingerprint density at radius 2 is 1.70 bits per heavy atom. The lowest BCUT2D eigenvalue weighted by Crippen LogP contribution is -2.07. The quantitative estimate of drug-likeness (QED) is 0.0999. The van der Waals surface area contributed by atoms with E-state index in [9.17, 15) is 14.4 Å². The van der Waals surface area contributed by atoms with Crippen LogP contribution < -0.4 is 10.2 Å². The van der Waals surface area contributed by atoms with Crippen LogP contribution in [-0.4, -0.2) is 17.2 Å². The number of hydrogen-bond donors (Lipinski definition) is 0. The van der Waals surface area contributed by atoms with Gasteiger partial charge in [0.05, 0.1) is 27.4 Å². The van der Waals surface area contributed by atoms with Crippen LogP contribution in [0.5, 0.6) is 5.75 Å². The second-order valence-electron chi connectivity index (χ2n) is 9.42. The Bertz CT molecular complexity index is 1770. The fourth-order valence-corrected chi connectivity index (χ4v) is 4.96. The summed E-state index contributed by atoms with van der Waals surface area (Å²) in [5.74, 6) is 0.700. The van der Waals surface area contributed by atoms with E-state index in [0.717, 1.165) is 22.8 Å². The highest BCUT2D eigenvalue weighted by molar-refractivity contribution is 6.39. The SMILES string of the molecule is CC(C)c1onc(-c2c(Cl)cccc2Cl)c1COc1ccc(-c2ccc3oc(C(=O)CC=O)cc(=O)c3c2)cc1. The number of fused-ring (bicyclic) bond motifs is 1. The molecule has 0 saturated heterocycles. The fraction of sp³-hybridized carbons (Fsp3) is 0.161. The molecule has 40 heavy (non-hydrogen) atoms. The molecule has 0 unspecified atom stereocenters. The predicted octanol–water partition coefficient (Wildman–Crippen LogP) is 7.90. The first-order chi connectivity index (χ1) is 19.3. The van der Waals surface area contributed by atoms with Crippen molar-refractivity contribution in [1.82, 2.24) is 5.16 Å². The number of rotatable bonds is 9. The second kappa shape index (κ2) is 11.5. The average molecular weight is 576 g/mol. The molecule has 202 valence electrons. The molecule has 0 aliphatic carbocycles. The van der Waals surface area contributed by atoms with Gasteiger partial charge in [0.2, 0.25) is 5.78 Å². The molecule has 0 aliphatic rings. The number of ether oxygens (including phenoxy) is 1. The van der Waals surface area contributed by atoms with Crippen molar-refractivity contribution >= 4 is 46.2 Å². The van der Waals surface area contributed by atoms with Crippen LogP contribution in [0.25, 0.3) is 33.4 Å². The Labute approximate surface area is 239 Å². The molecule has 7 nitrogen and oxygen atoms in total. The number of ketones is 1. The molecular formula is C31H23Cl2NO6. The van der Waals surface area contributed by atoms with Gasteiger partial charge >= 0.3 is 0 Å². The molecule has 0 N–H and O–H groups in total. The van der Waals surface area contributed by atoms with Crippen LogP contribution in [-0.2, 0) is 11.4 Å². The maximum Gasteiger partial charge on any atom is 0.205 e. The lowest BCUT2D eigenvalue weighted by atomic mass is 10.0. The van der Waals surface area contributed by atoms with Crippen LogP contribution in [0.15, 0.2) is 80.5 Å². The Hall–Kier alpha value is -4.20. The molecule has 5 aromatic rings. The molecular weight excluding hydrogens is 553 g/mol. The van der Waals surface area contributed by atoms with Crippen molar-refractivity contribution in [2.75, 3.05) is 0 Å². The number of carbonyl (C=O) groups is 2. The zero-order valence-corrected chi connectivity index (χ0v) is 23.1. The van der Waals surface area contributed by atoms with E-state index < -0.39 is 5.78 Å². The molecule has 0 atom stereocenters. The van der Waals surface area contributed by atoms with Crippen molar-refractivity contribution in [2.24, 2.45) is 0 Å². The summed E-state index contributed by atoms with van der Waals surface area (Å²) >= 11 is 12.9. The van der Waals surface area contributed by atoms with Gasteiger partial charge in [0.25, 0.3) is 0 Å². The molecule has 0 bridgehead atoms. The lowest BCUT2D eigenvalue weighted by molar-refractivity contribution is -0.107. The van der Waals surface area contributed by atoms with Gasteiger partial charge in [-0.05, 0) is 47.5 Å². The smallest absolute Gasteiger partial charge is 0.205 e. The maximum absolute atomic E-state index is 12.6. The molecule has 2 aromatic heterocycles. The first-order valence-electron chi connectivity index (χ1n) is 12.5. The third-order valence-electron chi connectivity index (χ3n) is 6.38. The highest BCUT2D eigenvalue weighted by Crippen LogP contribution is 2.39. The van der Waals surface area contributed by atoms with Crippen LogP contribution in [0, 0.1) is 0 Å². The standard InChI is InChI=1S/C31H23Cl2NO6/c1-17(2)31-22(30(34-40-31)29-23(32)4-3-5-24(29)33)16-38-20-9-6-18(7-10-20)19-8-11-27-21(14-19)26(37)15-28(39-27)25(36)12-13-35/h3-11,13-15,17H,12,16H2,1-2H3. The first-order valence-corrected chi connectivity index (χ1v) is 13.2. The Kier molecular flexibility index (Phi) is 7.87. The van der Waals surface area contributed by atoms with E-state index in [1.807, 2.05) is 38.1 Å². The Morgan fingerprint density at radius 1 is 1.00 bits per heavy atom. The van der Waals surface area contributed by atoms with Crippen molar-refractivity contribution in [3.05, 3.63) is 104 Å². The van der Waals surface area contributed by atoms with Gasteiger partial charge in [-0.2, -0.15) is 0 Å².